The number of hydrogen-bond donors (Lipinski definition) is 1. The number of nitrogens with one attached hydrogen (secondary N) is 1. The molecule has 0 bridgehead atoms. The molecule has 1 aliphatic carbocycles. The first kappa shape index (κ1) is 14.4. The Labute approximate surface area is 117 Å². The lowest BCUT2D eigenvalue weighted by Crippen LogP contribution is -2.37. The summed E-state index contributed by atoms with van der Waals surface area (Å²) in [6, 6.07) is 0. The Kier molecular flexibility index (Phi) is 4.50. The van der Waals surface area contributed by atoms with Crippen LogP contribution in [0.1, 0.15) is 44.6 Å². The van der Waals surface area contributed by atoms with Gasteiger partial charge in [0.15, 0.2) is 0 Å². The van der Waals surface area contributed by atoms with E-state index in [1.807, 2.05) is 0 Å². The van der Waals surface area contributed by atoms with Crippen molar-refractivity contribution in [2.24, 2.45) is 11.8 Å². The summed E-state index contributed by atoms with van der Waals surface area (Å²) in [6.07, 6.45) is 5.88. The zero-order valence-electron chi connectivity index (χ0n) is 11.5. The van der Waals surface area contributed by atoms with Gasteiger partial charge in [-0.2, -0.15) is 0 Å². The molecule has 106 valence electrons. The fraction of sp³-hybridized carbons (Fsp3) is 0.714. The summed E-state index contributed by atoms with van der Waals surface area (Å²) in [5, 5.41) is 0.150. The van der Waals surface area contributed by atoms with Gasteiger partial charge in [0, 0.05) is 12.1 Å². The number of hydrogen-bond acceptors (Lipinski definition) is 2. The molecule has 1 aromatic heterocycles. The molecule has 1 aliphatic rings. The predicted octanol–water partition coefficient (Wildman–Crippen LogP) is 2.71. The van der Waals surface area contributed by atoms with Crippen molar-refractivity contribution in [3.63, 3.8) is 0 Å². The highest BCUT2D eigenvalue weighted by Crippen LogP contribution is 2.30. The molecule has 1 heterocycles. The van der Waals surface area contributed by atoms with Crippen molar-refractivity contribution in [3.8, 4) is 0 Å². The van der Waals surface area contributed by atoms with Crippen LogP contribution >= 0.6 is 11.6 Å². The van der Waals surface area contributed by atoms with Crippen LogP contribution in [0.2, 0.25) is 5.15 Å². The fourth-order valence-electron chi connectivity index (χ4n) is 2.98. The van der Waals surface area contributed by atoms with Gasteiger partial charge in [-0.3, -0.25) is 14.3 Å². The van der Waals surface area contributed by atoms with Crippen molar-refractivity contribution in [3.05, 3.63) is 31.6 Å². The molecule has 2 rings (SSSR count). The lowest BCUT2D eigenvalue weighted by Gasteiger charge is -2.26. The molecule has 2 unspecified atom stereocenters. The molecule has 0 radical (unpaired) electrons. The quantitative estimate of drug-likeness (QED) is 0.868. The van der Waals surface area contributed by atoms with Gasteiger partial charge in [-0.05, 0) is 31.6 Å². The van der Waals surface area contributed by atoms with E-state index in [0.717, 1.165) is 12.3 Å². The first-order chi connectivity index (χ1) is 8.99. The van der Waals surface area contributed by atoms with Gasteiger partial charge in [0.25, 0.3) is 5.56 Å². The van der Waals surface area contributed by atoms with Crippen LogP contribution in [0.15, 0.2) is 9.59 Å². The van der Waals surface area contributed by atoms with Crippen LogP contribution in [0, 0.1) is 18.8 Å². The van der Waals surface area contributed by atoms with Crippen molar-refractivity contribution in [1.82, 2.24) is 9.55 Å². The smallest absolute Gasteiger partial charge is 0.297 e. The molecule has 0 saturated heterocycles. The minimum Gasteiger partial charge on any atom is -0.297 e. The van der Waals surface area contributed by atoms with Gasteiger partial charge in [0.2, 0.25) is 0 Å². The van der Waals surface area contributed by atoms with E-state index in [1.165, 1.54) is 30.3 Å². The number of rotatable bonds is 3. The van der Waals surface area contributed by atoms with Crippen molar-refractivity contribution < 1.29 is 0 Å². The minimum atomic E-state index is -0.399. The second kappa shape index (κ2) is 5.95. The van der Waals surface area contributed by atoms with Crippen LogP contribution in [0.25, 0.3) is 0 Å². The lowest BCUT2D eigenvalue weighted by molar-refractivity contribution is 0.259. The van der Waals surface area contributed by atoms with Crippen molar-refractivity contribution in [2.75, 3.05) is 0 Å². The molecule has 0 spiro atoms. The molecule has 19 heavy (non-hydrogen) atoms. The monoisotopic (exact) mass is 284 g/mol. The summed E-state index contributed by atoms with van der Waals surface area (Å²) < 4.78 is 1.28. The molecule has 1 fully saturated rings. The number of nitrogens with zero attached hydrogens (tertiary/aromatic N) is 1. The summed E-state index contributed by atoms with van der Waals surface area (Å²) >= 11 is 5.79. The van der Waals surface area contributed by atoms with Crippen LogP contribution in [-0.4, -0.2) is 9.55 Å². The van der Waals surface area contributed by atoms with Gasteiger partial charge in [0.1, 0.15) is 5.15 Å². The van der Waals surface area contributed by atoms with Crippen LogP contribution < -0.4 is 11.2 Å². The second-order valence-corrected chi connectivity index (χ2v) is 6.13. The zero-order valence-corrected chi connectivity index (χ0v) is 12.3. The maximum Gasteiger partial charge on any atom is 0.329 e. The highest BCUT2D eigenvalue weighted by Gasteiger charge is 2.19. The number of halogens is 1. The molecule has 5 heteroatoms. The van der Waals surface area contributed by atoms with E-state index in [2.05, 4.69) is 11.9 Å². The first-order valence-corrected chi connectivity index (χ1v) is 7.36. The molecule has 1 saturated carbocycles. The standard InChI is InChI=1S/C14H21ClN2O2/c1-9-4-3-5-11(8-9)6-7-17-13(18)10(2)12(15)16-14(17)19/h9,11H,3-8H2,1-2H3,(H,16,19). The number of H-pyrrole nitrogens is 1. The number of aromatic amines is 1. The Morgan fingerprint density at radius 2 is 2.11 bits per heavy atom. The van der Waals surface area contributed by atoms with Crippen LogP contribution in [-0.2, 0) is 6.54 Å². The normalized spacial score (nSPS) is 23.5. The first-order valence-electron chi connectivity index (χ1n) is 6.98. The maximum atomic E-state index is 12.0. The Bertz CT molecular complexity index is 562. The fourth-order valence-corrected chi connectivity index (χ4v) is 3.14. The number of aromatic nitrogens is 2. The van der Waals surface area contributed by atoms with Gasteiger partial charge in [-0.1, -0.05) is 37.8 Å². The Morgan fingerprint density at radius 3 is 2.79 bits per heavy atom. The van der Waals surface area contributed by atoms with Gasteiger partial charge in [0.05, 0.1) is 0 Å². The van der Waals surface area contributed by atoms with E-state index in [1.54, 1.807) is 6.92 Å². The third-order valence-electron chi connectivity index (χ3n) is 4.16. The van der Waals surface area contributed by atoms with Crippen LogP contribution in [0.4, 0.5) is 0 Å². The third kappa shape index (κ3) is 3.30. The van der Waals surface area contributed by atoms with Gasteiger partial charge < -0.3 is 0 Å². The van der Waals surface area contributed by atoms with Crippen molar-refractivity contribution >= 4 is 11.6 Å². The van der Waals surface area contributed by atoms with Gasteiger partial charge >= 0.3 is 5.69 Å². The molecular weight excluding hydrogens is 264 g/mol. The highest BCUT2D eigenvalue weighted by atomic mass is 35.5. The van der Waals surface area contributed by atoms with E-state index in [9.17, 15) is 9.59 Å². The predicted molar refractivity (Wildman–Crippen MR) is 76.8 cm³/mol. The molecule has 2 atom stereocenters. The Balaban J connectivity index is 2.10. The summed E-state index contributed by atoms with van der Waals surface area (Å²) in [4.78, 5) is 26.3. The summed E-state index contributed by atoms with van der Waals surface area (Å²) in [5.41, 5.74) is -0.250. The molecule has 4 nitrogen and oxygen atoms in total. The summed E-state index contributed by atoms with van der Waals surface area (Å²) in [5.74, 6) is 1.40. The summed E-state index contributed by atoms with van der Waals surface area (Å²) in [6.45, 7) is 4.40. The van der Waals surface area contributed by atoms with Gasteiger partial charge in [-0.25, -0.2) is 4.79 Å². The summed E-state index contributed by atoms with van der Waals surface area (Å²) in [7, 11) is 0. The van der Waals surface area contributed by atoms with Crippen molar-refractivity contribution in [2.45, 2.75) is 52.5 Å². The average Bonchev–Trinajstić information content (AvgIpc) is 2.36. The molecule has 1 aromatic rings. The highest BCUT2D eigenvalue weighted by molar-refractivity contribution is 6.30. The third-order valence-corrected chi connectivity index (χ3v) is 4.54. The average molecular weight is 285 g/mol. The lowest BCUT2D eigenvalue weighted by atomic mass is 9.81. The molecular formula is C14H21ClN2O2. The SMILES string of the molecule is Cc1c(Cl)[nH]c(=O)n(CCC2CCCC(C)C2)c1=O. The zero-order chi connectivity index (χ0) is 14.0. The van der Waals surface area contributed by atoms with Crippen LogP contribution in [0.5, 0.6) is 0 Å². The van der Waals surface area contributed by atoms with E-state index >= 15 is 0 Å². The van der Waals surface area contributed by atoms with E-state index in [0.29, 0.717) is 18.0 Å². The van der Waals surface area contributed by atoms with E-state index < -0.39 is 5.69 Å². The minimum absolute atomic E-state index is 0.150. The van der Waals surface area contributed by atoms with Crippen molar-refractivity contribution in [1.29, 1.82) is 0 Å². The second-order valence-electron chi connectivity index (χ2n) is 5.75. The molecule has 0 aromatic carbocycles. The Morgan fingerprint density at radius 1 is 1.37 bits per heavy atom. The topological polar surface area (TPSA) is 54.9 Å². The largest absolute Gasteiger partial charge is 0.329 e. The molecule has 0 amide bonds. The van der Waals surface area contributed by atoms with Crippen LogP contribution in [0.3, 0.4) is 0 Å². The molecule has 1 N–H and O–H groups in total. The molecule has 0 aliphatic heterocycles. The van der Waals surface area contributed by atoms with E-state index in [4.69, 9.17) is 11.6 Å². The Hall–Kier alpha value is -1.03. The van der Waals surface area contributed by atoms with Gasteiger partial charge in [-0.15, -0.1) is 0 Å². The van der Waals surface area contributed by atoms with E-state index in [-0.39, 0.29) is 10.7 Å². The maximum absolute atomic E-state index is 12.0.